The molecule has 12 unspecified atom stereocenters. The summed E-state index contributed by atoms with van der Waals surface area (Å²) in [5, 5.41) is 86.8. The molecule has 1 amide bonds. The van der Waals surface area contributed by atoms with Crippen molar-refractivity contribution in [1.82, 2.24) is 5.32 Å². The van der Waals surface area contributed by atoms with Gasteiger partial charge in [0.25, 0.3) is 0 Å². The van der Waals surface area contributed by atoms with Crippen LogP contribution in [0, 0.1) is 0 Å². The number of unbranched alkanes of at least 4 members (excludes halogenated alkanes) is 13. The molecule has 9 N–H and O–H groups in total. The SMILES string of the molecule is CC/C=C\C/C=C\C/C=C\C/C=C\C/C=C\CCCCCC(=O)NC(COC1OC(CO)C(OC2OC(CO)C(O)C(O)C2O)C(O)C1O)C(O)/C=C/CC/C=C/CC/C=C/CCCCCCCCCC. The highest BCUT2D eigenvalue weighted by Gasteiger charge is 2.51. The Balaban J connectivity index is 1.87. The van der Waals surface area contributed by atoms with E-state index < -0.39 is 86.8 Å². The number of carbonyl (C=O) groups excluding carboxylic acids is 1. The highest BCUT2D eigenvalue weighted by atomic mass is 16.7. The van der Waals surface area contributed by atoms with E-state index in [1.54, 1.807) is 6.08 Å². The van der Waals surface area contributed by atoms with Crippen molar-refractivity contribution >= 4 is 5.91 Å². The molecular formula is C57H95NO13. The summed E-state index contributed by atoms with van der Waals surface area (Å²) in [6.45, 7) is 2.60. The molecule has 0 aromatic heterocycles. The van der Waals surface area contributed by atoms with Crippen molar-refractivity contribution in [3.63, 3.8) is 0 Å². The lowest BCUT2D eigenvalue weighted by Gasteiger charge is -2.46. The van der Waals surface area contributed by atoms with Crippen LogP contribution in [0.4, 0.5) is 0 Å². The number of aliphatic hydroxyl groups excluding tert-OH is 8. The molecule has 14 nitrogen and oxygen atoms in total. The molecule has 0 bridgehead atoms. The van der Waals surface area contributed by atoms with Gasteiger partial charge in [-0.25, -0.2) is 0 Å². The quantitative estimate of drug-likeness (QED) is 0.0210. The van der Waals surface area contributed by atoms with Gasteiger partial charge in [-0.05, 0) is 89.9 Å². The number of nitrogens with one attached hydrogen (secondary N) is 1. The molecule has 12 atom stereocenters. The fraction of sp³-hybridized carbons (Fsp3) is 0.702. The van der Waals surface area contributed by atoms with E-state index in [9.17, 15) is 45.6 Å². The fourth-order valence-corrected chi connectivity index (χ4v) is 8.11. The van der Waals surface area contributed by atoms with Crippen LogP contribution in [0.1, 0.15) is 162 Å². The summed E-state index contributed by atoms with van der Waals surface area (Å²) in [5.41, 5.74) is 0. The molecule has 2 aliphatic rings. The van der Waals surface area contributed by atoms with Crippen LogP contribution >= 0.6 is 0 Å². The Morgan fingerprint density at radius 2 is 0.986 bits per heavy atom. The molecule has 0 spiro atoms. The zero-order valence-electron chi connectivity index (χ0n) is 43.2. The maximum atomic E-state index is 13.2. The maximum Gasteiger partial charge on any atom is 0.220 e. The van der Waals surface area contributed by atoms with Crippen LogP contribution in [0.5, 0.6) is 0 Å². The van der Waals surface area contributed by atoms with Crippen molar-refractivity contribution in [1.29, 1.82) is 0 Å². The number of aliphatic hydroxyl groups is 8. The monoisotopic (exact) mass is 1000 g/mol. The molecule has 0 saturated carbocycles. The molecule has 0 aromatic carbocycles. The van der Waals surface area contributed by atoms with Crippen molar-refractivity contribution in [2.24, 2.45) is 0 Å². The highest BCUT2D eigenvalue weighted by Crippen LogP contribution is 2.30. The average molecular weight is 1000 g/mol. The Hall–Kier alpha value is -3.09. The van der Waals surface area contributed by atoms with Gasteiger partial charge in [0.1, 0.15) is 48.8 Å². The summed E-state index contributed by atoms with van der Waals surface area (Å²) in [5.74, 6) is -0.290. The number of hydrogen-bond acceptors (Lipinski definition) is 13. The van der Waals surface area contributed by atoms with Crippen molar-refractivity contribution in [3.05, 3.63) is 97.2 Å². The minimum absolute atomic E-state index is 0.225. The molecule has 2 fully saturated rings. The number of amides is 1. The second kappa shape index (κ2) is 42.3. The van der Waals surface area contributed by atoms with Crippen molar-refractivity contribution in [2.45, 2.75) is 235 Å². The number of carbonyl (C=O) groups is 1. The molecule has 0 radical (unpaired) electrons. The van der Waals surface area contributed by atoms with Crippen LogP contribution in [0.3, 0.4) is 0 Å². The second-order valence-corrected chi connectivity index (χ2v) is 18.6. The van der Waals surface area contributed by atoms with Crippen molar-refractivity contribution in [2.75, 3.05) is 19.8 Å². The number of hydrogen-bond donors (Lipinski definition) is 9. The Bertz CT molecular complexity index is 1560. The van der Waals surface area contributed by atoms with E-state index >= 15 is 0 Å². The Kier molecular flexibility index (Phi) is 38.1. The predicted molar refractivity (Wildman–Crippen MR) is 281 cm³/mol. The Labute approximate surface area is 426 Å². The van der Waals surface area contributed by atoms with Gasteiger partial charge in [0.05, 0.1) is 32.0 Å². The molecule has 71 heavy (non-hydrogen) atoms. The first kappa shape index (κ1) is 64.0. The molecule has 0 aromatic rings. The summed E-state index contributed by atoms with van der Waals surface area (Å²) in [6.07, 6.45) is 40.1. The van der Waals surface area contributed by atoms with Gasteiger partial charge in [0.2, 0.25) is 5.91 Å². The Morgan fingerprint density at radius 3 is 1.55 bits per heavy atom. The third-order valence-corrected chi connectivity index (χ3v) is 12.5. The number of allylic oxidation sites excluding steroid dienone is 15. The summed E-state index contributed by atoms with van der Waals surface area (Å²) in [4.78, 5) is 13.2. The molecule has 406 valence electrons. The third kappa shape index (κ3) is 28.8. The fourth-order valence-electron chi connectivity index (χ4n) is 8.11. The predicted octanol–water partition coefficient (Wildman–Crippen LogP) is 7.93. The van der Waals surface area contributed by atoms with Crippen LogP contribution < -0.4 is 5.32 Å². The van der Waals surface area contributed by atoms with E-state index in [4.69, 9.17) is 18.9 Å². The Morgan fingerprint density at radius 1 is 0.521 bits per heavy atom. The third-order valence-electron chi connectivity index (χ3n) is 12.5. The van der Waals surface area contributed by atoms with E-state index in [0.29, 0.717) is 12.8 Å². The van der Waals surface area contributed by atoms with Gasteiger partial charge in [-0.3, -0.25) is 4.79 Å². The first-order valence-corrected chi connectivity index (χ1v) is 27.0. The largest absolute Gasteiger partial charge is 0.394 e. The molecule has 2 saturated heterocycles. The summed E-state index contributed by atoms with van der Waals surface area (Å²) in [6, 6.07) is -0.961. The van der Waals surface area contributed by atoms with Crippen LogP contribution in [-0.2, 0) is 23.7 Å². The van der Waals surface area contributed by atoms with Gasteiger partial charge < -0.3 is 65.1 Å². The van der Waals surface area contributed by atoms with E-state index in [1.165, 1.54) is 51.4 Å². The second-order valence-electron chi connectivity index (χ2n) is 18.6. The number of ether oxygens (including phenoxy) is 4. The first-order valence-electron chi connectivity index (χ1n) is 27.0. The van der Waals surface area contributed by atoms with Gasteiger partial charge in [-0.2, -0.15) is 0 Å². The van der Waals surface area contributed by atoms with E-state index in [2.05, 4.69) is 104 Å². The first-order chi connectivity index (χ1) is 34.6. The van der Waals surface area contributed by atoms with Crippen LogP contribution in [0.2, 0.25) is 0 Å². The highest BCUT2D eigenvalue weighted by molar-refractivity contribution is 5.76. The number of rotatable bonds is 40. The van der Waals surface area contributed by atoms with Crippen LogP contribution in [0.15, 0.2) is 97.2 Å². The normalized spacial score (nSPS) is 26.6. The van der Waals surface area contributed by atoms with Crippen molar-refractivity contribution in [3.8, 4) is 0 Å². The average Bonchev–Trinajstić information content (AvgIpc) is 3.37. The lowest BCUT2D eigenvalue weighted by atomic mass is 9.97. The van der Waals surface area contributed by atoms with Gasteiger partial charge in [-0.1, -0.05) is 162 Å². The molecule has 2 aliphatic heterocycles. The van der Waals surface area contributed by atoms with Gasteiger partial charge in [0.15, 0.2) is 12.6 Å². The molecule has 0 aliphatic carbocycles. The van der Waals surface area contributed by atoms with Crippen molar-refractivity contribution < 1.29 is 64.6 Å². The lowest BCUT2D eigenvalue weighted by molar-refractivity contribution is -0.359. The van der Waals surface area contributed by atoms with E-state index in [1.807, 2.05) is 6.08 Å². The molecular weight excluding hydrogens is 907 g/mol. The standard InChI is InChI=1S/C57H95NO13/c1-3-5-7-9-11-13-15-17-19-21-23-25-27-29-31-33-35-37-39-41-49(62)58-45(46(61)40-38-36-34-32-30-28-26-24-22-20-18-16-14-12-10-8-6-4-2)44-68-56-54(67)52(65)55(48(43-60)70-56)71-57-53(66)51(64)50(63)47(42-59)69-57/h5,7,11,13,17,19,22-25,29-32,38,40,45-48,50-57,59-61,63-67H,3-4,6,8-10,12,14-16,18,20-21,26-28,33-37,39,41-44H2,1-2H3,(H,58,62)/b7-5-,13-11-,19-17-,24-22+,25-23-,31-29-,32-30+,40-38+. The molecule has 2 heterocycles. The van der Waals surface area contributed by atoms with Crippen LogP contribution in [-0.4, -0.2) is 140 Å². The maximum absolute atomic E-state index is 13.2. The smallest absolute Gasteiger partial charge is 0.220 e. The zero-order chi connectivity index (χ0) is 51.7. The van der Waals surface area contributed by atoms with Gasteiger partial charge >= 0.3 is 0 Å². The van der Waals surface area contributed by atoms with E-state index in [-0.39, 0.29) is 18.9 Å². The van der Waals surface area contributed by atoms with Gasteiger partial charge in [0, 0.05) is 6.42 Å². The summed E-state index contributed by atoms with van der Waals surface area (Å²) >= 11 is 0. The lowest BCUT2D eigenvalue weighted by Crippen LogP contribution is -2.65. The van der Waals surface area contributed by atoms with E-state index in [0.717, 1.165) is 77.0 Å². The molecule has 14 heteroatoms. The zero-order valence-corrected chi connectivity index (χ0v) is 43.2. The minimum atomic E-state index is -1.80. The summed E-state index contributed by atoms with van der Waals surface area (Å²) < 4.78 is 22.7. The topological polar surface area (TPSA) is 228 Å². The van der Waals surface area contributed by atoms with Crippen LogP contribution in [0.25, 0.3) is 0 Å². The molecule has 2 rings (SSSR count). The summed E-state index contributed by atoms with van der Waals surface area (Å²) in [7, 11) is 0. The minimum Gasteiger partial charge on any atom is -0.394 e. The van der Waals surface area contributed by atoms with Gasteiger partial charge in [-0.15, -0.1) is 0 Å².